The Morgan fingerprint density at radius 1 is 1.21 bits per heavy atom. The van der Waals surface area contributed by atoms with Crippen LogP contribution in [-0.2, 0) is 14.8 Å². The van der Waals surface area contributed by atoms with Crippen LogP contribution in [0, 0.1) is 0 Å². The lowest BCUT2D eigenvalue weighted by Gasteiger charge is -2.40. The maximum atomic E-state index is 13.0. The van der Waals surface area contributed by atoms with Crippen molar-refractivity contribution in [2.45, 2.75) is 23.8 Å². The van der Waals surface area contributed by atoms with Gasteiger partial charge in [-0.15, -0.1) is 0 Å². The van der Waals surface area contributed by atoms with E-state index in [1.54, 1.807) is 59.6 Å². The van der Waals surface area contributed by atoms with Crippen LogP contribution in [0.25, 0.3) is 10.9 Å². The molecule has 3 aromatic rings. The number of amides is 1. The van der Waals surface area contributed by atoms with Gasteiger partial charge < -0.3 is 15.4 Å². The van der Waals surface area contributed by atoms with Gasteiger partial charge in [0.1, 0.15) is 11.6 Å². The number of nitrogens with zero attached hydrogens (tertiary/aromatic N) is 2. The third-order valence-electron chi connectivity index (χ3n) is 5.87. The minimum atomic E-state index is -3.87. The van der Waals surface area contributed by atoms with Gasteiger partial charge in [-0.05, 0) is 49.7 Å². The average Bonchev–Trinajstić information content (AvgIpc) is 2.84. The monoisotopic (exact) mass is 496 g/mol. The van der Waals surface area contributed by atoms with Crippen LogP contribution in [0.2, 0.25) is 0 Å². The summed E-state index contributed by atoms with van der Waals surface area (Å²) < 4.78 is 34.4. The maximum Gasteiger partial charge on any atom is 0.264 e. The fourth-order valence-corrected chi connectivity index (χ4v) is 5.37. The Morgan fingerprint density at radius 2 is 1.94 bits per heavy atom. The molecule has 1 aliphatic rings. The number of sulfonamides is 1. The summed E-state index contributed by atoms with van der Waals surface area (Å²) in [6.45, 7) is 2.46. The molecule has 0 saturated carbocycles. The van der Waals surface area contributed by atoms with Crippen molar-refractivity contribution in [1.29, 1.82) is 0 Å². The molecular formula is C24H24N4O4S2. The number of aromatic nitrogens is 1. The smallest absolute Gasteiger partial charge is 0.264 e. The zero-order valence-electron chi connectivity index (χ0n) is 18.5. The molecule has 1 amide bonds. The summed E-state index contributed by atoms with van der Waals surface area (Å²) in [5.74, 6) is -0.213. The number of para-hydroxylation sites is 1. The van der Waals surface area contributed by atoms with Gasteiger partial charge in [-0.25, -0.2) is 8.42 Å². The molecule has 176 valence electrons. The van der Waals surface area contributed by atoms with Gasteiger partial charge >= 0.3 is 0 Å². The molecule has 1 fully saturated rings. The van der Waals surface area contributed by atoms with Gasteiger partial charge in [-0.1, -0.05) is 30.4 Å². The number of pyridine rings is 1. The molecule has 0 spiro atoms. The molecule has 1 aliphatic heterocycles. The van der Waals surface area contributed by atoms with Gasteiger partial charge in [-0.3, -0.25) is 14.5 Å². The molecule has 4 rings (SSSR count). The summed E-state index contributed by atoms with van der Waals surface area (Å²) in [6, 6.07) is 14.8. The molecule has 0 aliphatic carbocycles. The third-order valence-corrected chi connectivity index (χ3v) is 7.54. The number of hydrogen-bond donors (Lipinski definition) is 2. The zero-order chi connectivity index (χ0) is 24.3. The third kappa shape index (κ3) is 4.65. The van der Waals surface area contributed by atoms with Crippen LogP contribution in [0.4, 0.5) is 5.69 Å². The van der Waals surface area contributed by atoms with Crippen LogP contribution in [0.5, 0.6) is 0 Å². The SMILES string of the molecule is CC1(C(C=S)=CN)CCN(C(=O)c2ccc(NS(=O)(=O)c3cccc4cccnc34)cc2)CO1. The number of hydrogen-bond acceptors (Lipinski definition) is 7. The molecule has 0 radical (unpaired) electrons. The van der Waals surface area contributed by atoms with Crippen molar-refractivity contribution in [3.05, 3.63) is 78.1 Å². The largest absolute Gasteiger partial charge is 0.404 e. The van der Waals surface area contributed by atoms with E-state index >= 15 is 0 Å². The maximum absolute atomic E-state index is 13.0. The summed E-state index contributed by atoms with van der Waals surface area (Å²) >= 11 is 5.00. The van der Waals surface area contributed by atoms with Gasteiger partial charge in [-0.2, -0.15) is 0 Å². The van der Waals surface area contributed by atoms with Crippen LogP contribution in [0.3, 0.4) is 0 Å². The molecule has 1 atom stereocenters. The van der Waals surface area contributed by atoms with Crippen molar-refractivity contribution in [2.75, 3.05) is 18.0 Å². The van der Waals surface area contributed by atoms with Crippen molar-refractivity contribution < 1.29 is 17.9 Å². The van der Waals surface area contributed by atoms with Crippen LogP contribution >= 0.6 is 12.2 Å². The Morgan fingerprint density at radius 3 is 2.59 bits per heavy atom. The number of nitrogens with one attached hydrogen (secondary N) is 1. The van der Waals surface area contributed by atoms with Gasteiger partial charge in [0.25, 0.3) is 15.9 Å². The van der Waals surface area contributed by atoms with E-state index in [2.05, 4.69) is 9.71 Å². The predicted octanol–water partition coefficient (Wildman–Crippen LogP) is 3.46. The number of anilines is 1. The number of benzene rings is 2. The van der Waals surface area contributed by atoms with Crippen LogP contribution in [-0.4, -0.2) is 48.5 Å². The predicted molar refractivity (Wildman–Crippen MR) is 135 cm³/mol. The van der Waals surface area contributed by atoms with Crippen molar-refractivity contribution in [3.63, 3.8) is 0 Å². The number of nitrogens with two attached hydrogens (primary N) is 1. The van der Waals surface area contributed by atoms with Gasteiger partial charge in [0.05, 0.1) is 11.1 Å². The minimum Gasteiger partial charge on any atom is -0.404 e. The Balaban J connectivity index is 1.46. The lowest BCUT2D eigenvalue weighted by Crippen LogP contribution is -2.48. The lowest BCUT2D eigenvalue weighted by molar-refractivity contribution is -0.0915. The van der Waals surface area contributed by atoms with Crippen molar-refractivity contribution in [1.82, 2.24) is 9.88 Å². The highest BCUT2D eigenvalue weighted by Gasteiger charge is 2.35. The number of carbonyl (C=O) groups excluding carboxylic acids is 1. The fraction of sp³-hybridized carbons (Fsp3) is 0.208. The summed E-state index contributed by atoms with van der Waals surface area (Å²) in [5.41, 5.74) is 6.86. The minimum absolute atomic E-state index is 0.0847. The van der Waals surface area contributed by atoms with E-state index < -0.39 is 15.6 Å². The topological polar surface area (TPSA) is 115 Å². The zero-order valence-corrected chi connectivity index (χ0v) is 20.1. The molecule has 8 nitrogen and oxygen atoms in total. The lowest BCUT2D eigenvalue weighted by atomic mass is 9.92. The highest BCUT2D eigenvalue weighted by molar-refractivity contribution is 7.93. The van der Waals surface area contributed by atoms with Gasteiger partial charge in [0.2, 0.25) is 0 Å². The van der Waals surface area contributed by atoms with E-state index in [1.165, 1.54) is 17.6 Å². The summed E-state index contributed by atoms with van der Waals surface area (Å²) in [5, 5.41) is 2.22. The van der Waals surface area contributed by atoms with Gasteiger partial charge in [0, 0.05) is 46.5 Å². The number of thiocarbonyl (C=S) groups is 1. The van der Waals surface area contributed by atoms with E-state index in [0.717, 1.165) is 5.39 Å². The normalized spacial score (nSPS) is 19.1. The summed E-state index contributed by atoms with van der Waals surface area (Å²) in [7, 11) is -3.87. The number of carbonyl (C=O) groups is 1. The Hall–Kier alpha value is -3.34. The number of fused-ring (bicyclic) bond motifs is 1. The van der Waals surface area contributed by atoms with E-state index in [0.29, 0.717) is 35.3 Å². The van der Waals surface area contributed by atoms with Crippen LogP contribution in [0.1, 0.15) is 23.7 Å². The first-order valence-corrected chi connectivity index (χ1v) is 12.5. The second kappa shape index (κ2) is 9.49. The molecule has 2 aromatic carbocycles. The van der Waals surface area contributed by atoms with E-state index in [-0.39, 0.29) is 17.5 Å². The van der Waals surface area contributed by atoms with Crippen molar-refractivity contribution in [2.24, 2.45) is 5.73 Å². The highest BCUT2D eigenvalue weighted by atomic mass is 32.2. The fourth-order valence-electron chi connectivity index (χ4n) is 3.80. The highest BCUT2D eigenvalue weighted by Crippen LogP contribution is 2.29. The summed E-state index contributed by atoms with van der Waals surface area (Å²) in [6.07, 6.45) is 3.53. The van der Waals surface area contributed by atoms with E-state index in [4.69, 9.17) is 22.7 Å². The van der Waals surface area contributed by atoms with E-state index in [9.17, 15) is 13.2 Å². The molecule has 1 saturated heterocycles. The first kappa shape index (κ1) is 23.8. The summed E-state index contributed by atoms with van der Waals surface area (Å²) in [4.78, 5) is 18.8. The number of ether oxygens (including phenoxy) is 1. The molecule has 34 heavy (non-hydrogen) atoms. The molecule has 3 N–H and O–H groups in total. The van der Waals surface area contributed by atoms with Crippen molar-refractivity contribution in [3.8, 4) is 0 Å². The Bertz CT molecular complexity index is 1360. The molecule has 10 heteroatoms. The molecular weight excluding hydrogens is 472 g/mol. The standard InChI is InChI=1S/C24H24N4O4S2/c1-24(19(14-25)15-33)11-13-28(16-32-24)23(29)18-7-9-20(10-8-18)27-34(30,31)21-6-2-4-17-5-3-12-26-22(17)21/h2-10,12,14-15,27H,11,13,16,25H2,1H3. The van der Waals surface area contributed by atoms with E-state index in [1.807, 2.05) is 6.92 Å². The quantitative estimate of drug-likeness (QED) is 0.397. The molecule has 1 unspecified atom stereocenters. The molecule has 0 bridgehead atoms. The Kier molecular flexibility index (Phi) is 6.65. The Labute approximate surface area is 203 Å². The second-order valence-corrected chi connectivity index (χ2v) is 9.96. The first-order valence-electron chi connectivity index (χ1n) is 10.5. The van der Waals surface area contributed by atoms with Crippen LogP contribution < -0.4 is 10.5 Å². The second-order valence-electron chi connectivity index (χ2n) is 8.08. The average molecular weight is 497 g/mol. The number of rotatable bonds is 6. The van der Waals surface area contributed by atoms with Crippen molar-refractivity contribution >= 4 is 50.1 Å². The van der Waals surface area contributed by atoms with Gasteiger partial charge in [0.15, 0.2) is 0 Å². The van der Waals surface area contributed by atoms with Crippen LogP contribution in [0.15, 0.2) is 77.5 Å². The molecule has 1 aromatic heterocycles. The first-order chi connectivity index (χ1) is 16.3. The molecule has 2 heterocycles.